The minimum atomic E-state index is -3.32. The third-order valence-electron chi connectivity index (χ3n) is 4.09. The highest BCUT2D eigenvalue weighted by molar-refractivity contribution is 7.88. The zero-order chi connectivity index (χ0) is 17.6. The number of aryl methyl sites for hydroxylation is 1. The van der Waals surface area contributed by atoms with Crippen molar-refractivity contribution >= 4 is 15.9 Å². The molecule has 2 rings (SSSR count). The second-order valence-electron chi connectivity index (χ2n) is 6.19. The van der Waals surface area contributed by atoms with E-state index in [9.17, 15) is 13.2 Å². The van der Waals surface area contributed by atoms with Crippen LogP contribution in [0.1, 0.15) is 31.2 Å². The summed E-state index contributed by atoms with van der Waals surface area (Å²) in [4.78, 5) is 12.1. The predicted molar refractivity (Wildman–Crippen MR) is 93.5 cm³/mol. The fourth-order valence-electron chi connectivity index (χ4n) is 2.78. The summed E-state index contributed by atoms with van der Waals surface area (Å²) in [6.07, 6.45) is 4.10. The van der Waals surface area contributed by atoms with Gasteiger partial charge in [0, 0.05) is 13.1 Å². The first-order valence-corrected chi connectivity index (χ1v) is 10.2. The minimum Gasteiger partial charge on any atom is -0.494 e. The van der Waals surface area contributed by atoms with Crippen LogP contribution in [-0.2, 0) is 14.8 Å². The Kier molecular flexibility index (Phi) is 6.62. The van der Waals surface area contributed by atoms with Crippen molar-refractivity contribution in [1.82, 2.24) is 9.62 Å². The zero-order valence-corrected chi connectivity index (χ0v) is 15.1. The van der Waals surface area contributed by atoms with Crippen LogP contribution in [0.25, 0.3) is 0 Å². The van der Waals surface area contributed by atoms with E-state index < -0.39 is 16.1 Å². The van der Waals surface area contributed by atoms with Crippen molar-refractivity contribution in [3.05, 3.63) is 29.8 Å². The molecular weight excluding hydrogens is 328 g/mol. The van der Waals surface area contributed by atoms with Gasteiger partial charge in [-0.05, 0) is 44.7 Å². The number of carbonyl (C=O) groups is 1. The molecule has 1 aliphatic rings. The number of hydrogen-bond acceptors (Lipinski definition) is 4. The Hall–Kier alpha value is -1.60. The van der Waals surface area contributed by atoms with Crippen LogP contribution in [0, 0.1) is 6.92 Å². The number of carbonyl (C=O) groups excluding carboxylic acids is 1. The molecule has 0 bridgehead atoms. The molecule has 1 aromatic rings. The highest BCUT2D eigenvalue weighted by Gasteiger charge is 2.36. The number of nitrogens with zero attached hydrogens (tertiary/aromatic N) is 1. The Bertz CT molecular complexity index is 643. The number of benzene rings is 1. The van der Waals surface area contributed by atoms with Crippen LogP contribution in [-0.4, -0.2) is 50.6 Å². The van der Waals surface area contributed by atoms with Crippen molar-refractivity contribution in [2.75, 3.05) is 26.0 Å². The number of ether oxygens (including phenoxy) is 1. The van der Waals surface area contributed by atoms with Crippen LogP contribution in [0.3, 0.4) is 0 Å². The number of sulfonamides is 1. The van der Waals surface area contributed by atoms with Gasteiger partial charge in [0.25, 0.3) is 0 Å². The molecule has 24 heavy (non-hydrogen) atoms. The average molecular weight is 354 g/mol. The van der Waals surface area contributed by atoms with Crippen LogP contribution >= 0.6 is 0 Å². The first kappa shape index (κ1) is 18.7. The van der Waals surface area contributed by atoms with Crippen LogP contribution in [0.5, 0.6) is 5.75 Å². The van der Waals surface area contributed by atoms with Gasteiger partial charge >= 0.3 is 0 Å². The number of nitrogens with one attached hydrogen (secondary N) is 1. The molecule has 1 unspecified atom stereocenters. The van der Waals surface area contributed by atoms with Gasteiger partial charge in [0.2, 0.25) is 15.9 Å². The molecular formula is C17H26N2O4S. The molecule has 1 atom stereocenters. The van der Waals surface area contributed by atoms with E-state index in [1.807, 2.05) is 31.2 Å². The topological polar surface area (TPSA) is 75.7 Å². The number of rotatable bonds is 8. The summed E-state index contributed by atoms with van der Waals surface area (Å²) in [6, 6.07) is 7.34. The van der Waals surface area contributed by atoms with Gasteiger partial charge in [-0.2, -0.15) is 4.31 Å². The third kappa shape index (κ3) is 5.49. The van der Waals surface area contributed by atoms with E-state index in [0.29, 0.717) is 26.1 Å². The second-order valence-corrected chi connectivity index (χ2v) is 8.13. The Morgan fingerprint density at radius 2 is 2.00 bits per heavy atom. The highest BCUT2D eigenvalue weighted by atomic mass is 32.2. The highest BCUT2D eigenvalue weighted by Crippen LogP contribution is 2.20. The fourth-order valence-corrected chi connectivity index (χ4v) is 3.90. The van der Waals surface area contributed by atoms with Crippen LogP contribution in [0.4, 0.5) is 0 Å². The minimum absolute atomic E-state index is 0.197. The monoisotopic (exact) mass is 354 g/mol. The van der Waals surface area contributed by atoms with Crippen LogP contribution in [0.2, 0.25) is 0 Å². The summed E-state index contributed by atoms with van der Waals surface area (Å²) in [6.45, 7) is 3.59. The van der Waals surface area contributed by atoms with E-state index in [2.05, 4.69) is 5.32 Å². The van der Waals surface area contributed by atoms with Gasteiger partial charge in [-0.1, -0.05) is 17.7 Å². The molecule has 1 fully saturated rings. The molecule has 1 aromatic carbocycles. The molecule has 1 amide bonds. The van der Waals surface area contributed by atoms with E-state index in [4.69, 9.17) is 4.74 Å². The van der Waals surface area contributed by atoms with Crippen molar-refractivity contribution in [3.8, 4) is 5.75 Å². The summed E-state index contributed by atoms with van der Waals surface area (Å²) in [7, 11) is -3.32. The maximum Gasteiger partial charge on any atom is 0.238 e. The van der Waals surface area contributed by atoms with E-state index >= 15 is 0 Å². The summed E-state index contributed by atoms with van der Waals surface area (Å²) in [5.74, 6) is 0.650. The molecule has 0 aromatic heterocycles. The Morgan fingerprint density at radius 1 is 1.29 bits per heavy atom. The van der Waals surface area contributed by atoms with Crippen LogP contribution < -0.4 is 10.1 Å². The smallest absolute Gasteiger partial charge is 0.238 e. The maximum absolute atomic E-state index is 12.1. The Morgan fingerprint density at radius 3 is 2.67 bits per heavy atom. The molecule has 1 heterocycles. The van der Waals surface area contributed by atoms with E-state index in [1.54, 1.807) is 0 Å². The number of hydrogen-bond donors (Lipinski definition) is 1. The average Bonchev–Trinajstić information content (AvgIpc) is 3.02. The van der Waals surface area contributed by atoms with Gasteiger partial charge in [0.05, 0.1) is 12.9 Å². The first-order valence-electron chi connectivity index (χ1n) is 8.32. The lowest BCUT2D eigenvalue weighted by Crippen LogP contribution is -2.45. The van der Waals surface area contributed by atoms with E-state index in [1.165, 1.54) is 9.87 Å². The quantitative estimate of drug-likeness (QED) is 0.721. The molecule has 134 valence electrons. The second kappa shape index (κ2) is 8.48. The Labute approximate surface area is 144 Å². The summed E-state index contributed by atoms with van der Waals surface area (Å²) < 4.78 is 30.2. The third-order valence-corrected chi connectivity index (χ3v) is 5.38. The molecule has 7 heteroatoms. The van der Waals surface area contributed by atoms with Gasteiger partial charge in [-0.15, -0.1) is 0 Å². The van der Waals surface area contributed by atoms with Gasteiger partial charge in [0.15, 0.2) is 0 Å². The van der Waals surface area contributed by atoms with Crippen molar-refractivity contribution in [1.29, 1.82) is 0 Å². The predicted octanol–water partition coefficient (Wildman–Crippen LogP) is 1.69. The van der Waals surface area contributed by atoms with Crippen molar-refractivity contribution in [3.63, 3.8) is 0 Å². The lowest BCUT2D eigenvalue weighted by molar-refractivity contribution is -0.124. The van der Waals surface area contributed by atoms with Crippen molar-refractivity contribution in [2.24, 2.45) is 0 Å². The van der Waals surface area contributed by atoms with Crippen LogP contribution in [0.15, 0.2) is 24.3 Å². The van der Waals surface area contributed by atoms with Crippen molar-refractivity contribution < 1.29 is 17.9 Å². The zero-order valence-electron chi connectivity index (χ0n) is 14.3. The largest absolute Gasteiger partial charge is 0.494 e. The molecule has 0 radical (unpaired) electrons. The normalized spacial score (nSPS) is 18.5. The molecule has 0 aliphatic carbocycles. The van der Waals surface area contributed by atoms with Gasteiger partial charge < -0.3 is 10.1 Å². The number of unbranched alkanes of at least 4 members (excludes halogenated alkanes) is 1. The summed E-state index contributed by atoms with van der Waals surface area (Å²) >= 11 is 0. The number of amides is 1. The van der Waals surface area contributed by atoms with E-state index in [-0.39, 0.29) is 5.91 Å². The SMILES string of the molecule is Cc1ccc(OCCCCNC(=O)C2CCCN2S(C)(=O)=O)cc1. The molecule has 0 spiro atoms. The molecule has 0 saturated carbocycles. The fraction of sp³-hybridized carbons (Fsp3) is 0.588. The van der Waals surface area contributed by atoms with Gasteiger partial charge in [0.1, 0.15) is 11.8 Å². The van der Waals surface area contributed by atoms with Gasteiger partial charge in [-0.25, -0.2) is 8.42 Å². The lowest BCUT2D eigenvalue weighted by Gasteiger charge is -2.21. The standard InChI is InChI=1S/C17H26N2O4S/c1-14-7-9-15(10-8-14)23-13-4-3-11-18-17(20)16-6-5-12-19(16)24(2,21)22/h7-10,16H,3-6,11-13H2,1-2H3,(H,18,20). The molecule has 1 N–H and O–H groups in total. The molecule has 1 saturated heterocycles. The van der Waals surface area contributed by atoms with Crippen molar-refractivity contribution in [2.45, 2.75) is 38.6 Å². The molecule has 1 aliphatic heterocycles. The molecule has 6 nitrogen and oxygen atoms in total. The summed E-state index contributed by atoms with van der Waals surface area (Å²) in [5.41, 5.74) is 1.19. The van der Waals surface area contributed by atoms with Gasteiger partial charge in [-0.3, -0.25) is 4.79 Å². The van der Waals surface area contributed by atoms with E-state index in [0.717, 1.165) is 31.3 Å². The summed E-state index contributed by atoms with van der Waals surface area (Å²) in [5, 5.41) is 2.83. The lowest BCUT2D eigenvalue weighted by atomic mass is 10.2. The maximum atomic E-state index is 12.1. The Balaban J connectivity index is 1.63. The first-order chi connectivity index (χ1) is 11.4.